The third kappa shape index (κ3) is 16.4. The van der Waals surface area contributed by atoms with Gasteiger partial charge in [0.1, 0.15) is 0 Å². The lowest BCUT2D eigenvalue weighted by atomic mass is 9.69. The predicted octanol–water partition coefficient (Wildman–Crippen LogP) is 6.53. The van der Waals surface area contributed by atoms with Crippen molar-refractivity contribution >= 4 is 11.8 Å². The Kier molecular flexibility index (Phi) is 19.2. The average molecular weight is 628 g/mol. The van der Waals surface area contributed by atoms with Gasteiger partial charge in [-0.2, -0.15) is 0 Å². The first-order valence-electron chi connectivity index (χ1n) is 17.2. The van der Waals surface area contributed by atoms with Gasteiger partial charge in [-0.3, -0.25) is 9.59 Å². The fourth-order valence-electron chi connectivity index (χ4n) is 4.19. The Hall–Kier alpha value is -1.22. The van der Waals surface area contributed by atoms with Crippen molar-refractivity contribution in [1.29, 1.82) is 0 Å². The Labute approximate surface area is 273 Å². The molecule has 8 heteroatoms. The zero-order valence-electron chi connectivity index (χ0n) is 32.0. The van der Waals surface area contributed by atoms with Crippen molar-refractivity contribution in [2.45, 2.75) is 177 Å². The summed E-state index contributed by atoms with van der Waals surface area (Å²) >= 11 is 0. The van der Waals surface area contributed by atoms with Crippen molar-refractivity contribution < 1.29 is 14.3 Å². The highest BCUT2D eigenvalue weighted by molar-refractivity contribution is 5.74. The van der Waals surface area contributed by atoms with E-state index in [9.17, 15) is 9.59 Å². The highest BCUT2D eigenvalue weighted by Crippen LogP contribution is 2.38. The molecule has 8 N–H and O–H groups in total. The molecule has 0 atom stereocenters. The van der Waals surface area contributed by atoms with Gasteiger partial charge in [0.2, 0.25) is 11.8 Å². The van der Waals surface area contributed by atoms with Crippen molar-refractivity contribution in [3.05, 3.63) is 0 Å². The summed E-state index contributed by atoms with van der Waals surface area (Å²) in [5.74, 6) is 2.99. The molecule has 0 radical (unpaired) electrons. The van der Waals surface area contributed by atoms with Crippen LogP contribution in [0.15, 0.2) is 0 Å². The van der Waals surface area contributed by atoms with Crippen LogP contribution in [0.1, 0.15) is 149 Å². The number of amides is 2. The van der Waals surface area contributed by atoms with Crippen LogP contribution in [0.5, 0.6) is 0 Å². The van der Waals surface area contributed by atoms with Gasteiger partial charge in [0.05, 0.1) is 18.8 Å². The second-order valence-electron chi connectivity index (χ2n) is 16.5. The van der Waals surface area contributed by atoms with Crippen LogP contribution in [0.3, 0.4) is 0 Å². The van der Waals surface area contributed by atoms with Gasteiger partial charge in [-0.15, -0.1) is 0 Å². The molecule has 0 aromatic rings. The summed E-state index contributed by atoms with van der Waals surface area (Å²) in [4.78, 5) is 21.5. The first-order valence-corrected chi connectivity index (χ1v) is 17.2. The topological polar surface area (TPSA) is 145 Å². The minimum absolute atomic E-state index is 0. The molecule has 2 aliphatic carbocycles. The van der Waals surface area contributed by atoms with Crippen LogP contribution in [0, 0.1) is 29.6 Å². The Morgan fingerprint density at radius 2 is 1.05 bits per heavy atom. The maximum absolute atomic E-state index is 10.8. The summed E-state index contributed by atoms with van der Waals surface area (Å²) in [5, 5.41) is 5.93. The molecular formula is C36H77N5O3. The van der Waals surface area contributed by atoms with Gasteiger partial charge >= 0.3 is 0 Å². The van der Waals surface area contributed by atoms with E-state index in [-0.39, 0.29) is 39.5 Å². The van der Waals surface area contributed by atoms with Crippen LogP contribution in [0.2, 0.25) is 0 Å². The lowest BCUT2D eigenvalue weighted by Crippen LogP contribution is -2.60. The fraction of sp³-hybridized carbons (Fsp3) is 0.944. The molecule has 3 fully saturated rings. The van der Waals surface area contributed by atoms with E-state index in [4.69, 9.17) is 21.9 Å². The van der Waals surface area contributed by atoms with E-state index in [0.29, 0.717) is 29.6 Å². The molecule has 2 amide bonds. The molecule has 3 rings (SSSR count). The quantitative estimate of drug-likeness (QED) is 0.217. The van der Waals surface area contributed by atoms with Gasteiger partial charge < -0.3 is 32.6 Å². The molecule has 2 saturated carbocycles. The highest BCUT2D eigenvalue weighted by Gasteiger charge is 2.40. The molecule has 1 saturated heterocycles. The molecule has 1 aliphatic heterocycles. The maximum Gasteiger partial charge on any atom is 0.217 e. The second-order valence-corrected chi connectivity index (χ2v) is 16.5. The summed E-state index contributed by atoms with van der Waals surface area (Å²) < 4.78 is 4.97. The normalized spacial score (nSPS) is 19.3. The fourth-order valence-corrected chi connectivity index (χ4v) is 4.19. The first kappa shape index (κ1) is 44.9. The third-order valence-electron chi connectivity index (χ3n) is 10.5. The standard InChI is InChI=1S/C9H17NO.C8H17NO.C7H15N.C6H13NO.C6H15N/c1-7(2)9(5-4-6-9)10-8(3)11;1-6(2)8(4,5)9-7(3)10;1-6(2)7(8)4-3-5-7;1-5(2)6(7)3-8-4-6;1-5(2)6(3,4)7/h7H,4-6H2,1-3H3,(H,10,11);6H,1-5H3,(H,9,10);6H,3-5,8H2,1-2H3;5H,3-4,7H2,1-2H3;5H,7H2,1-4H3. The van der Waals surface area contributed by atoms with Crippen molar-refractivity contribution in [3.63, 3.8) is 0 Å². The lowest BCUT2D eigenvalue weighted by Gasteiger charge is -2.45. The van der Waals surface area contributed by atoms with E-state index in [1.54, 1.807) is 13.8 Å². The minimum Gasteiger partial charge on any atom is -0.377 e. The lowest BCUT2D eigenvalue weighted by molar-refractivity contribution is -0.123. The number of carbonyl (C=O) groups is 2. The number of nitrogens with two attached hydrogens (primary N) is 3. The summed E-state index contributed by atoms with van der Waals surface area (Å²) in [6.45, 7) is 34.2. The van der Waals surface area contributed by atoms with Crippen LogP contribution in [-0.2, 0) is 14.3 Å². The largest absolute Gasteiger partial charge is 0.377 e. The van der Waals surface area contributed by atoms with Crippen LogP contribution in [0.4, 0.5) is 0 Å². The van der Waals surface area contributed by atoms with Crippen molar-refractivity contribution in [3.8, 4) is 0 Å². The van der Waals surface area contributed by atoms with Crippen LogP contribution in [-0.4, -0.2) is 52.7 Å². The molecular weight excluding hydrogens is 550 g/mol. The third-order valence-corrected chi connectivity index (χ3v) is 10.5. The Balaban J connectivity index is 0. The van der Waals surface area contributed by atoms with Gasteiger partial charge in [-0.05, 0) is 95.8 Å². The van der Waals surface area contributed by atoms with Crippen LogP contribution < -0.4 is 27.8 Å². The van der Waals surface area contributed by atoms with E-state index < -0.39 is 0 Å². The molecule has 264 valence electrons. The van der Waals surface area contributed by atoms with E-state index in [0.717, 1.165) is 26.1 Å². The Bertz CT molecular complexity index is 792. The molecule has 0 aromatic heterocycles. The average Bonchev–Trinajstić information content (AvgIpc) is 2.77. The summed E-state index contributed by atoms with van der Waals surface area (Å²) in [5.41, 5.74) is 17.7. The number of hydrogen-bond acceptors (Lipinski definition) is 6. The highest BCUT2D eigenvalue weighted by atomic mass is 16.5. The molecule has 0 bridgehead atoms. The van der Waals surface area contributed by atoms with E-state index in [2.05, 4.69) is 79.9 Å². The smallest absolute Gasteiger partial charge is 0.217 e. The molecule has 3 aliphatic rings. The van der Waals surface area contributed by atoms with Gasteiger partial charge in [-0.25, -0.2) is 0 Å². The molecule has 0 spiro atoms. The van der Waals surface area contributed by atoms with Gasteiger partial charge in [-0.1, -0.05) is 69.2 Å². The molecule has 0 aromatic carbocycles. The van der Waals surface area contributed by atoms with Crippen molar-refractivity contribution in [2.75, 3.05) is 13.2 Å². The Morgan fingerprint density at radius 1 is 0.659 bits per heavy atom. The van der Waals surface area contributed by atoms with Gasteiger partial charge in [0.15, 0.2) is 0 Å². The predicted molar refractivity (Wildman–Crippen MR) is 189 cm³/mol. The number of carbonyl (C=O) groups excluding carboxylic acids is 2. The molecule has 8 nitrogen and oxygen atoms in total. The SMILES string of the molecule is CC(=O)NC(C)(C)C(C)C.CC(=O)NC1(C(C)C)CCC1.CC(C)C(C)(C)N.CC(C)C1(N)CCC1.CC(C)C1(N)COC1. The van der Waals surface area contributed by atoms with Gasteiger partial charge in [0, 0.05) is 36.0 Å². The number of rotatable bonds is 7. The van der Waals surface area contributed by atoms with Crippen molar-refractivity contribution in [1.82, 2.24) is 10.6 Å². The number of nitrogens with one attached hydrogen (secondary N) is 2. The molecule has 1 heterocycles. The van der Waals surface area contributed by atoms with Gasteiger partial charge in [0.25, 0.3) is 0 Å². The number of ether oxygens (including phenoxy) is 1. The summed E-state index contributed by atoms with van der Waals surface area (Å²) in [7, 11) is 0. The second kappa shape index (κ2) is 18.8. The zero-order valence-corrected chi connectivity index (χ0v) is 32.0. The van der Waals surface area contributed by atoms with E-state index in [1.807, 2.05) is 27.7 Å². The molecule has 44 heavy (non-hydrogen) atoms. The summed E-state index contributed by atoms with van der Waals surface area (Å²) in [6, 6.07) is 0. The first-order chi connectivity index (χ1) is 19.7. The van der Waals surface area contributed by atoms with E-state index in [1.165, 1.54) is 25.7 Å². The monoisotopic (exact) mass is 628 g/mol. The summed E-state index contributed by atoms with van der Waals surface area (Å²) in [6.07, 6.45) is 7.40. The minimum atomic E-state index is -0.0775. The van der Waals surface area contributed by atoms with Crippen LogP contribution >= 0.6 is 0 Å². The van der Waals surface area contributed by atoms with E-state index >= 15 is 0 Å². The maximum atomic E-state index is 10.8. The van der Waals surface area contributed by atoms with Crippen molar-refractivity contribution in [2.24, 2.45) is 46.8 Å². The Morgan fingerprint density at radius 3 is 1.09 bits per heavy atom. The zero-order chi connectivity index (χ0) is 35.3. The molecule has 0 unspecified atom stereocenters. The number of hydrogen-bond donors (Lipinski definition) is 5. The van der Waals surface area contributed by atoms with Crippen LogP contribution in [0.25, 0.3) is 0 Å².